The van der Waals surface area contributed by atoms with Gasteiger partial charge in [-0.05, 0) is 18.2 Å². The molecule has 0 amide bonds. The molecule has 0 saturated heterocycles. The lowest BCUT2D eigenvalue weighted by Crippen LogP contribution is -2.12. The van der Waals surface area contributed by atoms with Gasteiger partial charge in [-0.1, -0.05) is 0 Å². The zero-order valence-electron chi connectivity index (χ0n) is 10.5. The molecule has 0 aliphatic rings. The van der Waals surface area contributed by atoms with Crippen molar-refractivity contribution in [2.24, 2.45) is 10.7 Å². The van der Waals surface area contributed by atoms with Gasteiger partial charge in [-0.15, -0.1) is 11.6 Å². The summed E-state index contributed by atoms with van der Waals surface area (Å²) in [7, 11) is 2.48. The summed E-state index contributed by atoms with van der Waals surface area (Å²) in [4.78, 5) is 27.0. The van der Waals surface area contributed by atoms with E-state index in [4.69, 9.17) is 17.3 Å². The highest BCUT2D eigenvalue weighted by Crippen LogP contribution is 2.19. The number of methoxy groups -OCH3 is 2. The molecule has 0 atom stereocenters. The minimum absolute atomic E-state index is 0.0377. The zero-order chi connectivity index (χ0) is 14.4. The first-order valence-corrected chi connectivity index (χ1v) is 5.76. The van der Waals surface area contributed by atoms with Crippen LogP contribution < -0.4 is 5.73 Å². The second-order valence-electron chi connectivity index (χ2n) is 3.49. The molecule has 0 radical (unpaired) electrons. The van der Waals surface area contributed by atoms with E-state index in [0.717, 1.165) is 0 Å². The van der Waals surface area contributed by atoms with Gasteiger partial charge in [0.2, 0.25) is 0 Å². The third kappa shape index (κ3) is 3.96. The van der Waals surface area contributed by atoms with Crippen LogP contribution in [0.3, 0.4) is 0 Å². The van der Waals surface area contributed by atoms with Gasteiger partial charge in [0.25, 0.3) is 0 Å². The van der Waals surface area contributed by atoms with Crippen LogP contribution in [0, 0.1) is 0 Å². The molecule has 0 aromatic heterocycles. The Hall–Kier alpha value is -2.08. The molecule has 0 aliphatic carbocycles. The lowest BCUT2D eigenvalue weighted by molar-refractivity contribution is 0.0599. The molecule has 1 rings (SSSR count). The molecule has 7 heteroatoms. The highest BCUT2D eigenvalue weighted by molar-refractivity contribution is 6.28. The van der Waals surface area contributed by atoms with Crippen molar-refractivity contribution in [2.75, 3.05) is 20.1 Å². The van der Waals surface area contributed by atoms with Crippen molar-refractivity contribution in [3.63, 3.8) is 0 Å². The molecule has 1 aromatic carbocycles. The number of nitrogens with zero attached hydrogens (tertiary/aromatic N) is 1. The Balaban J connectivity index is 3.31. The molecular weight excluding hydrogens is 272 g/mol. The maximum Gasteiger partial charge on any atom is 0.337 e. The lowest BCUT2D eigenvalue weighted by atomic mass is 10.1. The number of carbonyl (C=O) groups excluding carboxylic acids is 2. The molecular formula is C12H13ClN2O4. The van der Waals surface area contributed by atoms with Crippen LogP contribution in [0.15, 0.2) is 23.2 Å². The number of benzene rings is 1. The average molecular weight is 285 g/mol. The van der Waals surface area contributed by atoms with Crippen LogP contribution in [-0.4, -0.2) is 37.9 Å². The van der Waals surface area contributed by atoms with E-state index in [9.17, 15) is 9.59 Å². The number of carbonyl (C=O) groups is 2. The van der Waals surface area contributed by atoms with Gasteiger partial charge in [-0.2, -0.15) is 0 Å². The molecule has 0 spiro atoms. The number of amidine groups is 1. The van der Waals surface area contributed by atoms with Crippen LogP contribution in [0.5, 0.6) is 0 Å². The summed E-state index contributed by atoms with van der Waals surface area (Å²) in [6.07, 6.45) is 0. The molecule has 19 heavy (non-hydrogen) atoms. The van der Waals surface area contributed by atoms with Gasteiger partial charge < -0.3 is 15.2 Å². The fourth-order valence-corrected chi connectivity index (χ4v) is 1.40. The summed E-state index contributed by atoms with van der Waals surface area (Å²) in [5.74, 6) is -0.978. The van der Waals surface area contributed by atoms with E-state index >= 15 is 0 Å². The van der Waals surface area contributed by atoms with E-state index in [-0.39, 0.29) is 22.8 Å². The number of nitrogens with two attached hydrogens (primary N) is 1. The summed E-state index contributed by atoms with van der Waals surface area (Å²) in [6, 6.07) is 4.24. The van der Waals surface area contributed by atoms with Crippen LogP contribution in [0.2, 0.25) is 0 Å². The Labute approximate surface area is 115 Å². The first-order chi connectivity index (χ1) is 9.01. The zero-order valence-corrected chi connectivity index (χ0v) is 11.2. The fourth-order valence-electron chi connectivity index (χ4n) is 1.34. The summed E-state index contributed by atoms with van der Waals surface area (Å²) < 4.78 is 9.19. The molecule has 0 aliphatic heterocycles. The van der Waals surface area contributed by atoms with Gasteiger partial charge in [-0.3, -0.25) is 0 Å². The molecule has 102 valence electrons. The monoisotopic (exact) mass is 284 g/mol. The van der Waals surface area contributed by atoms with Crippen molar-refractivity contribution < 1.29 is 19.1 Å². The van der Waals surface area contributed by atoms with Crippen molar-refractivity contribution in [3.05, 3.63) is 29.3 Å². The Kier molecular flexibility index (Phi) is 5.32. The highest BCUT2D eigenvalue weighted by atomic mass is 35.5. The van der Waals surface area contributed by atoms with Gasteiger partial charge >= 0.3 is 11.9 Å². The number of esters is 2. The largest absolute Gasteiger partial charge is 0.465 e. The predicted octanol–water partition coefficient (Wildman–Crippen LogP) is 1.49. The van der Waals surface area contributed by atoms with E-state index in [1.54, 1.807) is 0 Å². The average Bonchev–Trinajstić information content (AvgIpc) is 2.44. The number of hydrogen-bond acceptors (Lipinski definition) is 5. The van der Waals surface area contributed by atoms with Crippen molar-refractivity contribution >= 4 is 35.1 Å². The van der Waals surface area contributed by atoms with Gasteiger partial charge in [0.05, 0.1) is 36.9 Å². The smallest absolute Gasteiger partial charge is 0.337 e. The molecule has 0 saturated carbocycles. The highest BCUT2D eigenvalue weighted by Gasteiger charge is 2.13. The maximum absolute atomic E-state index is 11.5. The van der Waals surface area contributed by atoms with Crippen molar-refractivity contribution in [2.45, 2.75) is 0 Å². The van der Waals surface area contributed by atoms with Crippen LogP contribution in [-0.2, 0) is 9.47 Å². The van der Waals surface area contributed by atoms with Crippen LogP contribution in [0.1, 0.15) is 20.7 Å². The van der Waals surface area contributed by atoms with Crippen molar-refractivity contribution in [3.8, 4) is 0 Å². The standard InChI is InChI=1S/C12H13ClN2O4/c1-18-11(16)7-3-8(12(17)19-2)5-9(4-7)15-10(14)6-13/h3-5H,6H2,1-2H3,(H2,14,15). The topological polar surface area (TPSA) is 91.0 Å². The normalized spacial score (nSPS) is 11.0. The molecule has 0 heterocycles. The third-order valence-corrected chi connectivity index (χ3v) is 2.44. The van der Waals surface area contributed by atoms with Gasteiger partial charge in [0, 0.05) is 0 Å². The maximum atomic E-state index is 11.5. The first kappa shape index (κ1) is 15.0. The van der Waals surface area contributed by atoms with Gasteiger partial charge in [0.1, 0.15) is 5.84 Å². The SMILES string of the molecule is COC(=O)c1cc(N=C(N)CCl)cc(C(=O)OC)c1. The van der Waals surface area contributed by atoms with E-state index in [1.165, 1.54) is 32.4 Å². The first-order valence-electron chi connectivity index (χ1n) is 5.22. The van der Waals surface area contributed by atoms with Crippen LogP contribution >= 0.6 is 11.6 Å². The minimum atomic E-state index is -0.591. The van der Waals surface area contributed by atoms with Gasteiger partial charge in [-0.25, -0.2) is 14.6 Å². The Morgan fingerprint density at radius 1 is 1.16 bits per heavy atom. The Bertz CT molecular complexity index is 494. The number of ether oxygens (including phenoxy) is 2. The second-order valence-corrected chi connectivity index (χ2v) is 3.76. The quantitative estimate of drug-likeness (QED) is 0.391. The minimum Gasteiger partial charge on any atom is -0.465 e. The lowest BCUT2D eigenvalue weighted by Gasteiger charge is -2.05. The molecule has 6 nitrogen and oxygen atoms in total. The summed E-state index contributed by atoms with van der Waals surface area (Å²) in [5.41, 5.74) is 6.17. The molecule has 2 N–H and O–H groups in total. The number of hydrogen-bond donors (Lipinski definition) is 1. The molecule has 0 unspecified atom stereocenters. The number of rotatable bonds is 4. The Morgan fingerprint density at radius 3 is 2.00 bits per heavy atom. The molecule has 0 fully saturated rings. The third-order valence-electron chi connectivity index (χ3n) is 2.17. The van der Waals surface area contributed by atoms with Crippen LogP contribution in [0.4, 0.5) is 5.69 Å². The second kappa shape index (κ2) is 6.75. The number of alkyl halides is 1. The van der Waals surface area contributed by atoms with E-state index < -0.39 is 11.9 Å². The summed E-state index contributed by atoms with van der Waals surface area (Å²) >= 11 is 5.52. The van der Waals surface area contributed by atoms with Gasteiger partial charge in [0.15, 0.2) is 0 Å². The molecule has 1 aromatic rings. The molecule has 0 bridgehead atoms. The van der Waals surface area contributed by atoms with E-state index in [1.807, 2.05) is 0 Å². The number of aliphatic imine (C=N–C) groups is 1. The van der Waals surface area contributed by atoms with Crippen LogP contribution in [0.25, 0.3) is 0 Å². The van der Waals surface area contributed by atoms with Crippen molar-refractivity contribution in [1.29, 1.82) is 0 Å². The number of halogens is 1. The fraction of sp³-hybridized carbons (Fsp3) is 0.250. The summed E-state index contributed by atoms with van der Waals surface area (Å²) in [6.45, 7) is 0. The van der Waals surface area contributed by atoms with Crippen molar-refractivity contribution in [1.82, 2.24) is 0 Å². The Morgan fingerprint density at radius 2 is 1.63 bits per heavy atom. The van der Waals surface area contributed by atoms with E-state index in [2.05, 4.69) is 14.5 Å². The van der Waals surface area contributed by atoms with E-state index in [0.29, 0.717) is 5.69 Å². The summed E-state index contributed by atoms with van der Waals surface area (Å²) in [5, 5.41) is 0. The predicted molar refractivity (Wildman–Crippen MR) is 71.1 cm³/mol.